The maximum atomic E-state index is 5.81. The quantitative estimate of drug-likeness (QED) is 0.701. The van der Waals surface area contributed by atoms with Crippen LogP contribution in [0.15, 0.2) is 55.0 Å². The summed E-state index contributed by atoms with van der Waals surface area (Å²) in [6.45, 7) is 3.70. The summed E-state index contributed by atoms with van der Waals surface area (Å²) in [4.78, 5) is 4.17. The Hall–Kier alpha value is -2.29. The summed E-state index contributed by atoms with van der Waals surface area (Å²) in [6, 6.07) is 12.4. The highest BCUT2D eigenvalue weighted by Gasteiger charge is 2.06. The fraction of sp³-hybridized carbons (Fsp3) is 0.235. The maximum absolute atomic E-state index is 5.81. The molecule has 0 aliphatic heterocycles. The lowest BCUT2D eigenvalue weighted by Crippen LogP contribution is -1.99. The second-order valence-electron chi connectivity index (χ2n) is 4.84. The van der Waals surface area contributed by atoms with Gasteiger partial charge in [0.1, 0.15) is 5.75 Å². The molecule has 3 nitrogen and oxygen atoms in total. The van der Waals surface area contributed by atoms with E-state index in [0.717, 1.165) is 25.3 Å². The molecule has 0 saturated carbocycles. The lowest BCUT2D eigenvalue weighted by atomic mass is 10.2. The lowest BCUT2D eigenvalue weighted by molar-refractivity contribution is 0.321. The third kappa shape index (κ3) is 2.52. The van der Waals surface area contributed by atoms with Crippen molar-refractivity contribution in [2.24, 2.45) is 0 Å². The normalized spacial score (nSPS) is 10.8. The molecule has 0 spiro atoms. The molecule has 0 bridgehead atoms. The van der Waals surface area contributed by atoms with Gasteiger partial charge in [0, 0.05) is 30.5 Å². The van der Waals surface area contributed by atoms with Gasteiger partial charge in [0.05, 0.1) is 12.1 Å². The molecular formula is C17H18N2O. The summed E-state index contributed by atoms with van der Waals surface area (Å²) in [5.74, 6) is 0.967. The Morgan fingerprint density at radius 2 is 2.10 bits per heavy atom. The number of aromatic nitrogens is 2. The standard InChI is InChI=1S/C17H18N2O/c1-2-11-20-17-7-3-6-16-15(17)8-10-19(16)13-14-5-4-9-18-12-14/h3-10,12H,2,11,13H2,1H3. The minimum atomic E-state index is 0.757. The smallest absolute Gasteiger partial charge is 0.128 e. The van der Waals surface area contributed by atoms with Crippen LogP contribution in [0.1, 0.15) is 18.9 Å². The average molecular weight is 266 g/mol. The third-order valence-corrected chi connectivity index (χ3v) is 3.31. The van der Waals surface area contributed by atoms with E-state index in [2.05, 4.69) is 40.9 Å². The molecule has 3 heteroatoms. The molecule has 0 aliphatic carbocycles. The molecule has 0 amide bonds. The molecule has 3 rings (SSSR count). The van der Waals surface area contributed by atoms with Gasteiger partial charge in [-0.25, -0.2) is 0 Å². The molecule has 2 heterocycles. The Morgan fingerprint density at radius 1 is 1.15 bits per heavy atom. The summed E-state index contributed by atoms with van der Waals surface area (Å²) in [7, 11) is 0. The number of fused-ring (bicyclic) bond motifs is 1. The summed E-state index contributed by atoms with van der Waals surface area (Å²) < 4.78 is 8.03. The SMILES string of the molecule is CCCOc1cccc2c1ccn2Cc1cccnc1. The van der Waals surface area contributed by atoms with E-state index in [-0.39, 0.29) is 0 Å². The Kier molecular flexibility index (Phi) is 3.68. The van der Waals surface area contributed by atoms with Crippen LogP contribution in [-0.2, 0) is 6.54 Å². The molecule has 0 radical (unpaired) electrons. The maximum Gasteiger partial charge on any atom is 0.128 e. The van der Waals surface area contributed by atoms with Crippen molar-refractivity contribution in [1.29, 1.82) is 0 Å². The van der Waals surface area contributed by atoms with Gasteiger partial charge in [-0.05, 0) is 36.2 Å². The van der Waals surface area contributed by atoms with Crippen LogP contribution in [0.5, 0.6) is 5.75 Å². The van der Waals surface area contributed by atoms with Crippen LogP contribution in [0.4, 0.5) is 0 Å². The molecule has 0 aliphatic rings. The van der Waals surface area contributed by atoms with Gasteiger partial charge in [-0.1, -0.05) is 19.1 Å². The summed E-state index contributed by atoms with van der Waals surface area (Å²) in [5, 5.41) is 1.17. The van der Waals surface area contributed by atoms with Crippen molar-refractivity contribution in [3.8, 4) is 5.75 Å². The number of benzene rings is 1. The van der Waals surface area contributed by atoms with E-state index in [1.54, 1.807) is 6.20 Å². The number of nitrogens with zero attached hydrogens (tertiary/aromatic N) is 2. The van der Waals surface area contributed by atoms with E-state index in [1.807, 2.05) is 24.4 Å². The highest BCUT2D eigenvalue weighted by molar-refractivity contribution is 5.86. The molecule has 2 aromatic heterocycles. The highest BCUT2D eigenvalue weighted by Crippen LogP contribution is 2.27. The molecule has 20 heavy (non-hydrogen) atoms. The average Bonchev–Trinajstić information content (AvgIpc) is 2.90. The zero-order valence-electron chi connectivity index (χ0n) is 11.6. The largest absolute Gasteiger partial charge is 0.493 e. The van der Waals surface area contributed by atoms with Gasteiger partial charge in [0.25, 0.3) is 0 Å². The number of ether oxygens (including phenoxy) is 1. The first-order valence-electron chi connectivity index (χ1n) is 6.98. The van der Waals surface area contributed by atoms with E-state index < -0.39 is 0 Å². The van der Waals surface area contributed by atoms with Crippen LogP contribution in [0.25, 0.3) is 10.9 Å². The molecule has 0 fully saturated rings. The predicted octanol–water partition coefficient (Wildman–Crippen LogP) is 3.87. The first kappa shape index (κ1) is 12.7. The third-order valence-electron chi connectivity index (χ3n) is 3.31. The van der Waals surface area contributed by atoms with Crippen LogP contribution in [0.3, 0.4) is 0 Å². The molecule has 0 unspecified atom stereocenters. The Morgan fingerprint density at radius 3 is 2.90 bits per heavy atom. The Bertz CT molecular complexity index is 689. The van der Waals surface area contributed by atoms with Crippen molar-refractivity contribution in [1.82, 2.24) is 9.55 Å². The summed E-state index contributed by atoms with van der Waals surface area (Å²) in [6.07, 6.45) is 6.83. The number of hydrogen-bond donors (Lipinski definition) is 0. The lowest BCUT2D eigenvalue weighted by Gasteiger charge is -2.08. The van der Waals surface area contributed by atoms with Crippen molar-refractivity contribution < 1.29 is 4.74 Å². The van der Waals surface area contributed by atoms with Gasteiger partial charge in [0.2, 0.25) is 0 Å². The fourth-order valence-corrected chi connectivity index (χ4v) is 2.36. The van der Waals surface area contributed by atoms with Crippen molar-refractivity contribution in [3.63, 3.8) is 0 Å². The topological polar surface area (TPSA) is 27.1 Å². The van der Waals surface area contributed by atoms with Crippen molar-refractivity contribution in [3.05, 3.63) is 60.6 Å². The second-order valence-corrected chi connectivity index (χ2v) is 4.84. The van der Waals surface area contributed by atoms with Gasteiger partial charge in [-0.2, -0.15) is 0 Å². The van der Waals surface area contributed by atoms with Crippen molar-refractivity contribution in [2.45, 2.75) is 19.9 Å². The zero-order valence-corrected chi connectivity index (χ0v) is 11.6. The van der Waals surface area contributed by atoms with E-state index in [4.69, 9.17) is 4.74 Å². The molecule has 1 aromatic carbocycles. The monoisotopic (exact) mass is 266 g/mol. The Balaban J connectivity index is 1.93. The minimum absolute atomic E-state index is 0.757. The van der Waals surface area contributed by atoms with Crippen LogP contribution >= 0.6 is 0 Å². The van der Waals surface area contributed by atoms with Gasteiger partial charge < -0.3 is 9.30 Å². The first-order chi connectivity index (χ1) is 9.88. The van der Waals surface area contributed by atoms with E-state index in [0.29, 0.717) is 0 Å². The van der Waals surface area contributed by atoms with E-state index in [9.17, 15) is 0 Å². The predicted molar refractivity (Wildman–Crippen MR) is 81.1 cm³/mol. The van der Waals surface area contributed by atoms with E-state index >= 15 is 0 Å². The second kappa shape index (κ2) is 5.78. The van der Waals surface area contributed by atoms with Crippen molar-refractivity contribution >= 4 is 10.9 Å². The molecule has 0 saturated heterocycles. The van der Waals surface area contributed by atoms with Gasteiger partial charge in [-0.15, -0.1) is 0 Å². The number of pyridine rings is 1. The summed E-state index contributed by atoms with van der Waals surface area (Å²) in [5.41, 5.74) is 2.40. The first-order valence-corrected chi connectivity index (χ1v) is 6.98. The molecule has 102 valence electrons. The van der Waals surface area contributed by atoms with Crippen LogP contribution < -0.4 is 4.74 Å². The molecule has 3 aromatic rings. The molecular weight excluding hydrogens is 248 g/mol. The van der Waals surface area contributed by atoms with Crippen LogP contribution in [0, 0.1) is 0 Å². The van der Waals surface area contributed by atoms with Crippen molar-refractivity contribution in [2.75, 3.05) is 6.61 Å². The summed E-state index contributed by atoms with van der Waals surface area (Å²) >= 11 is 0. The fourth-order valence-electron chi connectivity index (χ4n) is 2.36. The molecule has 0 N–H and O–H groups in total. The van der Waals surface area contributed by atoms with Gasteiger partial charge >= 0.3 is 0 Å². The van der Waals surface area contributed by atoms with Gasteiger partial charge in [-0.3, -0.25) is 4.98 Å². The highest BCUT2D eigenvalue weighted by atomic mass is 16.5. The van der Waals surface area contributed by atoms with E-state index in [1.165, 1.54) is 16.5 Å². The molecule has 0 atom stereocenters. The number of rotatable bonds is 5. The van der Waals surface area contributed by atoms with Crippen LogP contribution in [-0.4, -0.2) is 16.2 Å². The Labute approximate surface area is 118 Å². The van der Waals surface area contributed by atoms with Gasteiger partial charge in [0.15, 0.2) is 0 Å². The zero-order chi connectivity index (χ0) is 13.8. The van der Waals surface area contributed by atoms with Crippen LogP contribution in [0.2, 0.25) is 0 Å². The number of hydrogen-bond acceptors (Lipinski definition) is 2. The minimum Gasteiger partial charge on any atom is -0.493 e.